The molecule has 6 heteroatoms. The highest BCUT2D eigenvalue weighted by Crippen LogP contribution is 2.22. The van der Waals surface area contributed by atoms with Crippen molar-refractivity contribution in [1.29, 1.82) is 0 Å². The van der Waals surface area contributed by atoms with Gasteiger partial charge in [0.15, 0.2) is 17.5 Å². The Hall–Kier alpha value is -1.98. The molecule has 4 nitrogen and oxygen atoms in total. The summed E-state index contributed by atoms with van der Waals surface area (Å²) in [6.07, 6.45) is 0. The van der Waals surface area contributed by atoms with E-state index >= 15 is 0 Å². The summed E-state index contributed by atoms with van der Waals surface area (Å²) in [4.78, 5) is 0. The molecule has 84 valence electrons. The van der Waals surface area contributed by atoms with Crippen molar-refractivity contribution >= 4 is 0 Å². The Bertz CT molecular complexity index is 522. The molecule has 2 rings (SSSR count). The minimum absolute atomic E-state index is 0.0787. The smallest absolute Gasteiger partial charge is 0.185 e. The van der Waals surface area contributed by atoms with Crippen molar-refractivity contribution in [1.82, 2.24) is 14.9 Å². The third-order valence-electron chi connectivity index (χ3n) is 2.24. The van der Waals surface area contributed by atoms with Gasteiger partial charge in [-0.1, -0.05) is 6.07 Å². The Balaban J connectivity index is 2.63. The second kappa shape index (κ2) is 3.88. The molecule has 0 aliphatic rings. The number of hydrogen-bond acceptors (Lipinski definition) is 3. The molecular formula is C10H10F2N4. The van der Waals surface area contributed by atoms with E-state index in [0.717, 1.165) is 6.07 Å². The number of halogens is 2. The van der Waals surface area contributed by atoms with Crippen LogP contribution in [0.5, 0.6) is 0 Å². The molecule has 0 amide bonds. The van der Waals surface area contributed by atoms with Crippen LogP contribution in [0.3, 0.4) is 0 Å². The van der Waals surface area contributed by atoms with Gasteiger partial charge in [-0.2, -0.15) is 0 Å². The summed E-state index contributed by atoms with van der Waals surface area (Å²) in [5.41, 5.74) is 2.87. The molecule has 1 aromatic heterocycles. The largest absolute Gasteiger partial charge is 0.326 e. The Morgan fingerprint density at radius 1 is 1.25 bits per heavy atom. The standard InChI is InChI=1S/C10H10F2N4/c1-6-14-15-10(16(6)13-2)7-4-3-5-8(11)9(7)12/h3-5,13H,1-2H3. The van der Waals surface area contributed by atoms with E-state index in [0.29, 0.717) is 5.82 Å². The molecule has 0 aliphatic carbocycles. The third kappa shape index (κ3) is 1.52. The maximum Gasteiger partial charge on any atom is 0.185 e. The lowest BCUT2D eigenvalue weighted by Gasteiger charge is -2.07. The molecule has 0 atom stereocenters. The SMILES string of the molecule is CNn1c(C)nnc1-c1cccc(F)c1F. The first-order valence-corrected chi connectivity index (χ1v) is 4.69. The molecule has 0 saturated carbocycles. The molecule has 0 spiro atoms. The molecule has 1 heterocycles. The predicted octanol–water partition coefficient (Wildman–Crippen LogP) is 1.71. The van der Waals surface area contributed by atoms with E-state index < -0.39 is 11.6 Å². The zero-order valence-electron chi connectivity index (χ0n) is 8.83. The van der Waals surface area contributed by atoms with E-state index in [1.165, 1.54) is 16.8 Å². The fourth-order valence-electron chi connectivity index (χ4n) is 1.48. The fraction of sp³-hybridized carbons (Fsp3) is 0.200. The van der Waals surface area contributed by atoms with Gasteiger partial charge in [-0.25, -0.2) is 13.5 Å². The van der Waals surface area contributed by atoms with E-state index in [2.05, 4.69) is 15.6 Å². The topological polar surface area (TPSA) is 42.7 Å². The number of aryl methyl sites for hydroxylation is 1. The van der Waals surface area contributed by atoms with Gasteiger partial charge < -0.3 is 5.43 Å². The van der Waals surface area contributed by atoms with Gasteiger partial charge in [0.25, 0.3) is 0 Å². The Morgan fingerprint density at radius 2 is 2.00 bits per heavy atom. The van der Waals surface area contributed by atoms with Crippen molar-refractivity contribution in [3.63, 3.8) is 0 Å². The summed E-state index contributed by atoms with van der Waals surface area (Å²) < 4.78 is 28.1. The van der Waals surface area contributed by atoms with Gasteiger partial charge in [0.2, 0.25) is 0 Å². The summed E-state index contributed by atoms with van der Waals surface area (Å²) in [6.45, 7) is 1.71. The first-order valence-electron chi connectivity index (χ1n) is 4.69. The number of nitrogens with one attached hydrogen (secondary N) is 1. The van der Waals surface area contributed by atoms with Crippen LogP contribution in [0, 0.1) is 18.6 Å². The Labute approximate surface area is 90.9 Å². The van der Waals surface area contributed by atoms with Crippen molar-refractivity contribution < 1.29 is 8.78 Å². The average Bonchev–Trinajstić information content (AvgIpc) is 2.63. The summed E-state index contributed by atoms with van der Waals surface area (Å²) in [7, 11) is 1.65. The quantitative estimate of drug-likeness (QED) is 0.844. The predicted molar refractivity (Wildman–Crippen MR) is 55.4 cm³/mol. The molecule has 0 aliphatic heterocycles. The van der Waals surface area contributed by atoms with Crippen LogP contribution in [0.25, 0.3) is 11.4 Å². The summed E-state index contributed by atoms with van der Waals surface area (Å²) in [5, 5.41) is 7.60. The first-order chi connectivity index (χ1) is 7.65. The van der Waals surface area contributed by atoms with Crippen LogP contribution in [0.4, 0.5) is 8.78 Å². The zero-order chi connectivity index (χ0) is 11.7. The second-order valence-corrected chi connectivity index (χ2v) is 3.23. The van der Waals surface area contributed by atoms with Crippen LogP contribution in [0.15, 0.2) is 18.2 Å². The van der Waals surface area contributed by atoms with Crippen molar-refractivity contribution in [2.75, 3.05) is 12.5 Å². The van der Waals surface area contributed by atoms with Gasteiger partial charge >= 0.3 is 0 Å². The third-order valence-corrected chi connectivity index (χ3v) is 2.24. The lowest BCUT2D eigenvalue weighted by atomic mass is 10.2. The molecule has 1 aromatic carbocycles. The van der Waals surface area contributed by atoms with Crippen LogP contribution in [0.2, 0.25) is 0 Å². The number of nitrogens with zero attached hydrogens (tertiary/aromatic N) is 3. The highest BCUT2D eigenvalue weighted by molar-refractivity contribution is 5.56. The van der Waals surface area contributed by atoms with Gasteiger partial charge in [0, 0.05) is 7.05 Å². The minimum Gasteiger partial charge on any atom is -0.326 e. The highest BCUT2D eigenvalue weighted by Gasteiger charge is 2.16. The lowest BCUT2D eigenvalue weighted by molar-refractivity contribution is 0.510. The van der Waals surface area contributed by atoms with E-state index in [9.17, 15) is 8.78 Å². The summed E-state index contributed by atoms with van der Waals surface area (Å²) in [6, 6.07) is 3.94. The maximum atomic E-state index is 13.5. The molecule has 16 heavy (non-hydrogen) atoms. The van der Waals surface area contributed by atoms with Crippen LogP contribution < -0.4 is 5.43 Å². The van der Waals surface area contributed by atoms with Crippen molar-refractivity contribution in [2.45, 2.75) is 6.92 Å². The van der Waals surface area contributed by atoms with E-state index in [-0.39, 0.29) is 11.4 Å². The van der Waals surface area contributed by atoms with Crippen LogP contribution in [0.1, 0.15) is 5.82 Å². The van der Waals surface area contributed by atoms with Crippen molar-refractivity contribution in [3.05, 3.63) is 35.7 Å². The molecule has 0 unspecified atom stereocenters. The molecule has 0 saturated heterocycles. The zero-order valence-corrected chi connectivity index (χ0v) is 8.83. The van der Waals surface area contributed by atoms with Gasteiger partial charge in [-0.15, -0.1) is 10.2 Å². The molecule has 2 aromatic rings. The fourth-order valence-corrected chi connectivity index (χ4v) is 1.48. The number of hydrogen-bond donors (Lipinski definition) is 1. The van der Waals surface area contributed by atoms with Gasteiger partial charge in [0.05, 0.1) is 5.56 Å². The normalized spacial score (nSPS) is 10.5. The Morgan fingerprint density at radius 3 is 2.69 bits per heavy atom. The first kappa shape index (κ1) is 10.5. The van der Waals surface area contributed by atoms with Crippen molar-refractivity contribution in [2.24, 2.45) is 0 Å². The molecular weight excluding hydrogens is 214 g/mol. The van der Waals surface area contributed by atoms with Crippen LogP contribution in [-0.2, 0) is 0 Å². The second-order valence-electron chi connectivity index (χ2n) is 3.23. The highest BCUT2D eigenvalue weighted by atomic mass is 19.2. The van der Waals surface area contributed by atoms with Crippen LogP contribution >= 0.6 is 0 Å². The van der Waals surface area contributed by atoms with E-state index in [4.69, 9.17) is 0 Å². The number of benzene rings is 1. The maximum absolute atomic E-state index is 13.5. The molecule has 0 bridgehead atoms. The summed E-state index contributed by atoms with van der Waals surface area (Å²) in [5.74, 6) is -1.01. The molecule has 0 fully saturated rings. The number of rotatable bonds is 2. The lowest BCUT2D eigenvalue weighted by Crippen LogP contribution is -2.13. The van der Waals surface area contributed by atoms with Gasteiger partial charge in [-0.05, 0) is 19.1 Å². The van der Waals surface area contributed by atoms with Crippen molar-refractivity contribution in [3.8, 4) is 11.4 Å². The van der Waals surface area contributed by atoms with Gasteiger partial charge in [-0.3, -0.25) is 0 Å². The molecule has 0 radical (unpaired) electrons. The number of aromatic nitrogens is 3. The average molecular weight is 224 g/mol. The Kier molecular flexibility index (Phi) is 2.55. The summed E-state index contributed by atoms with van der Waals surface area (Å²) >= 11 is 0. The van der Waals surface area contributed by atoms with Gasteiger partial charge in [0.1, 0.15) is 5.82 Å². The molecule has 1 N–H and O–H groups in total. The van der Waals surface area contributed by atoms with Crippen LogP contribution in [-0.4, -0.2) is 21.9 Å². The minimum atomic E-state index is -0.925. The monoisotopic (exact) mass is 224 g/mol. The van der Waals surface area contributed by atoms with E-state index in [1.807, 2.05) is 0 Å². The van der Waals surface area contributed by atoms with E-state index in [1.54, 1.807) is 14.0 Å².